The second kappa shape index (κ2) is 9.08. The quantitative estimate of drug-likeness (QED) is 0.724. The van der Waals surface area contributed by atoms with Gasteiger partial charge in [0.25, 0.3) is 0 Å². The van der Waals surface area contributed by atoms with Gasteiger partial charge in [-0.2, -0.15) is 5.26 Å². The normalized spacial score (nSPS) is 11.7. The topological polar surface area (TPSA) is 94.8 Å². The minimum atomic E-state index is -0.394. The first-order valence-corrected chi connectivity index (χ1v) is 8.88. The molecule has 0 saturated heterocycles. The van der Waals surface area contributed by atoms with Crippen molar-refractivity contribution in [2.75, 3.05) is 13.6 Å². The third kappa shape index (κ3) is 5.22. The van der Waals surface area contributed by atoms with Gasteiger partial charge in [-0.3, -0.25) is 9.36 Å². The van der Waals surface area contributed by atoms with E-state index in [0.717, 1.165) is 5.56 Å². The second-order valence-electron chi connectivity index (χ2n) is 5.63. The van der Waals surface area contributed by atoms with Crippen LogP contribution < -0.4 is 5.69 Å². The maximum Gasteiger partial charge on any atom is 0.343 e. The number of carbonyl (C=O) groups excluding carboxylic acids is 1. The minimum Gasteiger partial charge on any atom is -0.344 e. The molecule has 1 amide bonds. The molecule has 132 valence electrons. The summed E-state index contributed by atoms with van der Waals surface area (Å²) in [5, 5.41) is 15.2. The smallest absolute Gasteiger partial charge is 0.343 e. The molecule has 7 nitrogen and oxygen atoms in total. The molecule has 0 fully saturated rings. The van der Waals surface area contributed by atoms with Gasteiger partial charge in [0.15, 0.2) is 5.16 Å². The third-order valence-corrected chi connectivity index (χ3v) is 4.83. The summed E-state index contributed by atoms with van der Waals surface area (Å²) < 4.78 is 1.55. The highest BCUT2D eigenvalue weighted by Gasteiger charge is 2.21. The lowest BCUT2D eigenvalue weighted by Gasteiger charge is -2.19. The SMILES string of the molecule is C[C@H](Sc1n[nH]c(=O)n1CCc1ccccc1)C(=O)N(C)CCC#N. The maximum atomic E-state index is 12.3. The molecule has 1 N–H and O–H groups in total. The van der Waals surface area contributed by atoms with E-state index in [1.54, 1.807) is 18.5 Å². The summed E-state index contributed by atoms with van der Waals surface area (Å²) in [5.74, 6) is -0.0923. The Morgan fingerprint density at radius 2 is 2.16 bits per heavy atom. The number of benzene rings is 1. The number of aromatic amines is 1. The lowest BCUT2D eigenvalue weighted by molar-refractivity contribution is -0.128. The second-order valence-corrected chi connectivity index (χ2v) is 6.93. The average Bonchev–Trinajstić information content (AvgIpc) is 2.97. The van der Waals surface area contributed by atoms with Gasteiger partial charge < -0.3 is 4.90 Å². The highest BCUT2D eigenvalue weighted by Crippen LogP contribution is 2.21. The van der Waals surface area contributed by atoms with Crippen LogP contribution in [0.25, 0.3) is 0 Å². The van der Waals surface area contributed by atoms with Crippen molar-refractivity contribution in [2.45, 2.75) is 36.7 Å². The van der Waals surface area contributed by atoms with Crippen LogP contribution in [0.15, 0.2) is 40.3 Å². The van der Waals surface area contributed by atoms with Crippen molar-refractivity contribution in [3.63, 3.8) is 0 Å². The van der Waals surface area contributed by atoms with Gasteiger partial charge in [-0.15, -0.1) is 5.10 Å². The van der Waals surface area contributed by atoms with Crippen LogP contribution in [0, 0.1) is 11.3 Å². The zero-order valence-electron chi connectivity index (χ0n) is 14.3. The summed E-state index contributed by atoms with van der Waals surface area (Å²) in [6.45, 7) is 2.66. The zero-order chi connectivity index (χ0) is 18.2. The number of aryl methyl sites for hydroxylation is 1. The maximum absolute atomic E-state index is 12.3. The molecule has 1 aromatic carbocycles. The number of carbonyl (C=O) groups is 1. The fourth-order valence-corrected chi connectivity index (χ4v) is 3.32. The number of nitriles is 1. The number of hydrogen-bond donors (Lipinski definition) is 1. The van der Waals surface area contributed by atoms with Crippen LogP contribution in [0.3, 0.4) is 0 Å². The summed E-state index contributed by atoms with van der Waals surface area (Å²) >= 11 is 1.24. The van der Waals surface area contributed by atoms with Crippen LogP contribution in [0.2, 0.25) is 0 Å². The summed E-state index contributed by atoms with van der Waals surface area (Å²) in [5.41, 5.74) is 0.850. The molecule has 0 bridgehead atoms. The van der Waals surface area contributed by atoms with E-state index in [9.17, 15) is 9.59 Å². The van der Waals surface area contributed by atoms with E-state index in [2.05, 4.69) is 10.2 Å². The third-order valence-electron chi connectivity index (χ3n) is 3.76. The molecule has 0 spiro atoms. The average molecular weight is 359 g/mol. The van der Waals surface area contributed by atoms with Gasteiger partial charge in [-0.05, 0) is 18.9 Å². The molecule has 0 unspecified atom stereocenters. The fraction of sp³-hybridized carbons (Fsp3) is 0.412. The van der Waals surface area contributed by atoms with E-state index >= 15 is 0 Å². The Morgan fingerprint density at radius 1 is 1.44 bits per heavy atom. The van der Waals surface area contributed by atoms with E-state index in [1.807, 2.05) is 36.4 Å². The van der Waals surface area contributed by atoms with Crippen LogP contribution in [0.5, 0.6) is 0 Å². The first-order chi connectivity index (χ1) is 12.0. The van der Waals surface area contributed by atoms with E-state index in [0.29, 0.717) is 31.1 Å². The van der Waals surface area contributed by atoms with E-state index in [4.69, 9.17) is 5.26 Å². The molecule has 2 aromatic rings. The van der Waals surface area contributed by atoms with Gasteiger partial charge in [0.1, 0.15) is 0 Å². The van der Waals surface area contributed by atoms with Crippen molar-refractivity contribution in [1.82, 2.24) is 19.7 Å². The van der Waals surface area contributed by atoms with Crippen LogP contribution in [0.4, 0.5) is 0 Å². The van der Waals surface area contributed by atoms with Crippen molar-refractivity contribution in [3.8, 4) is 6.07 Å². The van der Waals surface area contributed by atoms with Gasteiger partial charge in [0, 0.05) is 20.1 Å². The summed E-state index contributed by atoms with van der Waals surface area (Å²) in [4.78, 5) is 25.8. The number of hydrogen-bond acceptors (Lipinski definition) is 5. The molecule has 8 heteroatoms. The predicted octanol–water partition coefficient (Wildman–Crippen LogP) is 1.67. The van der Waals surface area contributed by atoms with Crippen molar-refractivity contribution in [3.05, 3.63) is 46.4 Å². The van der Waals surface area contributed by atoms with Gasteiger partial charge in [0.05, 0.1) is 17.7 Å². The van der Waals surface area contributed by atoms with Crippen molar-refractivity contribution in [2.24, 2.45) is 0 Å². The lowest BCUT2D eigenvalue weighted by atomic mass is 10.1. The number of nitrogens with zero attached hydrogens (tertiary/aromatic N) is 4. The van der Waals surface area contributed by atoms with Crippen molar-refractivity contribution < 1.29 is 4.79 Å². The van der Waals surface area contributed by atoms with E-state index in [1.165, 1.54) is 16.7 Å². The fourth-order valence-electron chi connectivity index (χ4n) is 2.32. The molecule has 0 aliphatic rings. The number of amides is 1. The summed E-state index contributed by atoms with van der Waals surface area (Å²) in [6, 6.07) is 11.9. The molecule has 0 radical (unpaired) electrons. The van der Waals surface area contributed by atoms with Crippen LogP contribution >= 0.6 is 11.8 Å². The van der Waals surface area contributed by atoms with Crippen molar-refractivity contribution in [1.29, 1.82) is 5.26 Å². The Balaban J connectivity index is 2.01. The van der Waals surface area contributed by atoms with Gasteiger partial charge in [0.2, 0.25) is 5.91 Å². The summed E-state index contributed by atoms with van der Waals surface area (Å²) in [6.07, 6.45) is 1.00. The minimum absolute atomic E-state index is 0.0923. The van der Waals surface area contributed by atoms with Crippen LogP contribution in [-0.2, 0) is 17.8 Å². The number of aromatic nitrogens is 3. The summed E-state index contributed by atoms with van der Waals surface area (Å²) in [7, 11) is 1.67. The number of thioether (sulfide) groups is 1. The Kier molecular flexibility index (Phi) is 6.83. The Bertz CT molecular complexity index is 793. The molecule has 1 heterocycles. The predicted molar refractivity (Wildman–Crippen MR) is 96.2 cm³/mol. The lowest BCUT2D eigenvalue weighted by Crippen LogP contribution is -2.34. The van der Waals surface area contributed by atoms with Gasteiger partial charge in [-0.1, -0.05) is 42.1 Å². The highest BCUT2D eigenvalue weighted by molar-refractivity contribution is 8.00. The largest absolute Gasteiger partial charge is 0.344 e. The van der Waals surface area contributed by atoms with Crippen molar-refractivity contribution >= 4 is 17.7 Å². The van der Waals surface area contributed by atoms with Crippen LogP contribution in [-0.4, -0.2) is 44.4 Å². The standard InChI is InChI=1S/C17H21N5O2S/c1-13(15(23)21(2)11-6-10-18)25-17-20-19-16(24)22(17)12-9-14-7-4-3-5-8-14/h3-5,7-8,13H,6,9,11-12H2,1-2H3,(H,19,24)/t13-/m0/s1. The molecule has 25 heavy (non-hydrogen) atoms. The molecule has 1 atom stereocenters. The van der Waals surface area contributed by atoms with Gasteiger partial charge >= 0.3 is 5.69 Å². The number of H-pyrrole nitrogens is 1. The molecule has 0 aliphatic heterocycles. The van der Waals surface area contributed by atoms with E-state index in [-0.39, 0.29) is 11.6 Å². The highest BCUT2D eigenvalue weighted by atomic mass is 32.2. The Morgan fingerprint density at radius 3 is 2.84 bits per heavy atom. The van der Waals surface area contributed by atoms with E-state index < -0.39 is 5.25 Å². The molecule has 1 aromatic heterocycles. The first-order valence-electron chi connectivity index (χ1n) is 8.00. The van der Waals surface area contributed by atoms with Gasteiger partial charge in [-0.25, -0.2) is 9.89 Å². The van der Waals surface area contributed by atoms with Crippen LogP contribution in [0.1, 0.15) is 18.9 Å². The molecular weight excluding hydrogens is 338 g/mol. The Hall–Kier alpha value is -2.53. The molecule has 0 aliphatic carbocycles. The zero-order valence-corrected chi connectivity index (χ0v) is 15.1. The number of rotatable bonds is 8. The molecule has 2 rings (SSSR count). The molecular formula is C17H21N5O2S. The molecule has 0 saturated carbocycles. The Labute approximate surface area is 150 Å². The first kappa shape index (κ1) is 18.8. The number of nitrogens with one attached hydrogen (secondary N) is 1. The monoisotopic (exact) mass is 359 g/mol.